The quantitative estimate of drug-likeness (QED) is 0.690. The Bertz CT molecular complexity index is 617. The second-order valence-electron chi connectivity index (χ2n) is 5.00. The standard InChI is InChI=1S/C16H17BrO2S/c1-10(2)12-5-4-11(3)14(8-12)19-9-13(18)15-6-7-16(17)20-15/h4-8,10H,9H2,1-3H3. The van der Waals surface area contributed by atoms with Crippen molar-refractivity contribution in [1.82, 2.24) is 0 Å². The highest BCUT2D eigenvalue weighted by Gasteiger charge is 2.11. The van der Waals surface area contributed by atoms with Crippen LogP contribution in [-0.4, -0.2) is 12.4 Å². The molecule has 2 rings (SSSR count). The van der Waals surface area contributed by atoms with Crippen LogP contribution in [0, 0.1) is 6.92 Å². The minimum absolute atomic E-state index is 0.00931. The van der Waals surface area contributed by atoms with Crippen LogP contribution in [0.4, 0.5) is 0 Å². The molecule has 1 aromatic carbocycles. The monoisotopic (exact) mass is 352 g/mol. The van der Waals surface area contributed by atoms with E-state index in [1.54, 1.807) is 0 Å². The molecule has 106 valence electrons. The second kappa shape index (κ2) is 6.55. The predicted octanol–water partition coefficient (Wildman–Crippen LogP) is 5.20. The van der Waals surface area contributed by atoms with Crippen molar-refractivity contribution in [1.29, 1.82) is 0 Å². The summed E-state index contributed by atoms with van der Waals surface area (Å²) < 4.78 is 6.65. The van der Waals surface area contributed by atoms with Crippen molar-refractivity contribution in [3.8, 4) is 5.75 Å². The Morgan fingerprint density at radius 1 is 1.30 bits per heavy atom. The zero-order valence-corrected chi connectivity index (χ0v) is 14.2. The molecule has 0 aliphatic carbocycles. The van der Waals surface area contributed by atoms with Crippen molar-refractivity contribution < 1.29 is 9.53 Å². The van der Waals surface area contributed by atoms with E-state index in [2.05, 4.69) is 35.8 Å². The van der Waals surface area contributed by atoms with E-state index in [1.165, 1.54) is 16.9 Å². The average molecular weight is 353 g/mol. The van der Waals surface area contributed by atoms with Gasteiger partial charge in [0.25, 0.3) is 0 Å². The number of ether oxygens (including phenoxy) is 1. The van der Waals surface area contributed by atoms with Crippen molar-refractivity contribution in [2.24, 2.45) is 0 Å². The Morgan fingerprint density at radius 2 is 2.05 bits per heavy atom. The summed E-state index contributed by atoms with van der Waals surface area (Å²) in [5, 5.41) is 0. The first-order valence-electron chi connectivity index (χ1n) is 6.49. The average Bonchev–Trinajstić information content (AvgIpc) is 2.84. The Balaban J connectivity index is 2.07. The molecule has 1 heterocycles. The van der Waals surface area contributed by atoms with Crippen LogP contribution in [0.3, 0.4) is 0 Å². The first kappa shape index (κ1) is 15.3. The van der Waals surface area contributed by atoms with Gasteiger partial charge < -0.3 is 4.74 Å². The zero-order valence-electron chi connectivity index (χ0n) is 11.8. The van der Waals surface area contributed by atoms with Crippen molar-refractivity contribution in [2.45, 2.75) is 26.7 Å². The third-order valence-corrected chi connectivity index (χ3v) is 4.75. The number of hydrogen-bond donors (Lipinski definition) is 0. The molecule has 0 aliphatic rings. The summed E-state index contributed by atoms with van der Waals surface area (Å²) >= 11 is 4.79. The summed E-state index contributed by atoms with van der Waals surface area (Å²) in [7, 11) is 0. The summed E-state index contributed by atoms with van der Waals surface area (Å²) in [6.07, 6.45) is 0. The molecule has 0 fully saturated rings. The molecule has 0 bridgehead atoms. The van der Waals surface area contributed by atoms with Gasteiger partial charge in [-0.3, -0.25) is 4.79 Å². The van der Waals surface area contributed by atoms with Crippen LogP contribution in [0.25, 0.3) is 0 Å². The lowest BCUT2D eigenvalue weighted by Gasteiger charge is -2.12. The van der Waals surface area contributed by atoms with Gasteiger partial charge in [-0.2, -0.15) is 0 Å². The number of thiophene rings is 1. The molecular formula is C16H17BrO2S. The van der Waals surface area contributed by atoms with Gasteiger partial charge in [0.2, 0.25) is 5.78 Å². The lowest BCUT2D eigenvalue weighted by atomic mass is 10.0. The summed E-state index contributed by atoms with van der Waals surface area (Å²) in [6, 6.07) is 9.86. The smallest absolute Gasteiger partial charge is 0.210 e. The second-order valence-corrected chi connectivity index (χ2v) is 7.46. The van der Waals surface area contributed by atoms with Crippen LogP contribution in [0.5, 0.6) is 5.75 Å². The third kappa shape index (κ3) is 3.70. The molecule has 4 heteroatoms. The van der Waals surface area contributed by atoms with Crippen molar-refractivity contribution in [3.05, 3.63) is 50.1 Å². The number of hydrogen-bond acceptors (Lipinski definition) is 3. The molecule has 2 aromatic rings. The van der Waals surface area contributed by atoms with Crippen LogP contribution < -0.4 is 4.74 Å². The van der Waals surface area contributed by atoms with Gasteiger partial charge in [0.1, 0.15) is 5.75 Å². The highest BCUT2D eigenvalue weighted by molar-refractivity contribution is 9.11. The molecule has 0 saturated carbocycles. The fourth-order valence-corrected chi connectivity index (χ4v) is 3.12. The molecule has 0 N–H and O–H groups in total. The number of aryl methyl sites for hydroxylation is 1. The molecule has 0 saturated heterocycles. The van der Waals surface area contributed by atoms with Crippen LogP contribution >= 0.6 is 27.3 Å². The first-order valence-corrected chi connectivity index (χ1v) is 8.10. The van der Waals surface area contributed by atoms with Gasteiger partial charge in [0, 0.05) is 0 Å². The maximum atomic E-state index is 12.0. The first-order chi connectivity index (χ1) is 9.47. The molecule has 2 nitrogen and oxygen atoms in total. The summed E-state index contributed by atoms with van der Waals surface area (Å²) in [5.41, 5.74) is 2.27. The van der Waals surface area contributed by atoms with Gasteiger partial charge in [-0.25, -0.2) is 0 Å². The van der Waals surface area contributed by atoms with Gasteiger partial charge in [-0.15, -0.1) is 11.3 Å². The number of benzene rings is 1. The summed E-state index contributed by atoms with van der Waals surface area (Å²) in [4.78, 5) is 12.7. The van der Waals surface area contributed by atoms with Crippen LogP contribution in [0.1, 0.15) is 40.6 Å². The lowest BCUT2D eigenvalue weighted by Crippen LogP contribution is -2.11. The fourth-order valence-electron chi connectivity index (χ4n) is 1.81. The van der Waals surface area contributed by atoms with Gasteiger partial charge >= 0.3 is 0 Å². The van der Waals surface area contributed by atoms with E-state index in [9.17, 15) is 4.79 Å². The van der Waals surface area contributed by atoms with E-state index in [4.69, 9.17) is 4.74 Å². The molecule has 0 unspecified atom stereocenters. The molecule has 0 atom stereocenters. The Hall–Kier alpha value is -1.13. The van der Waals surface area contributed by atoms with E-state index in [-0.39, 0.29) is 12.4 Å². The highest BCUT2D eigenvalue weighted by Crippen LogP contribution is 2.25. The van der Waals surface area contributed by atoms with Gasteiger partial charge in [0.15, 0.2) is 6.61 Å². The normalized spacial score (nSPS) is 10.8. The molecular weight excluding hydrogens is 336 g/mol. The molecule has 1 aromatic heterocycles. The van der Waals surface area contributed by atoms with Gasteiger partial charge in [-0.05, 0) is 58.1 Å². The van der Waals surface area contributed by atoms with Crippen molar-refractivity contribution in [2.75, 3.05) is 6.61 Å². The highest BCUT2D eigenvalue weighted by atomic mass is 79.9. The Morgan fingerprint density at radius 3 is 2.65 bits per heavy atom. The van der Waals surface area contributed by atoms with E-state index in [1.807, 2.05) is 31.2 Å². The van der Waals surface area contributed by atoms with Crippen LogP contribution in [0.2, 0.25) is 0 Å². The fraction of sp³-hybridized carbons (Fsp3) is 0.312. The van der Waals surface area contributed by atoms with Crippen LogP contribution in [0.15, 0.2) is 34.1 Å². The van der Waals surface area contributed by atoms with Crippen LogP contribution in [-0.2, 0) is 0 Å². The van der Waals surface area contributed by atoms with Gasteiger partial charge in [0.05, 0.1) is 8.66 Å². The molecule has 0 spiro atoms. The summed E-state index contributed by atoms with van der Waals surface area (Å²) in [6.45, 7) is 6.35. The molecule has 0 aliphatic heterocycles. The lowest BCUT2D eigenvalue weighted by molar-refractivity contribution is 0.0925. The molecule has 20 heavy (non-hydrogen) atoms. The number of rotatable bonds is 5. The topological polar surface area (TPSA) is 26.3 Å². The zero-order chi connectivity index (χ0) is 14.7. The maximum absolute atomic E-state index is 12.0. The van der Waals surface area contributed by atoms with E-state index in [0.717, 1.165) is 20.0 Å². The minimum Gasteiger partial charge on any atom is -0.485 e. The third-order valence-electron chi connectivity index (χ3n) is 3.09. The number of Topliss-reactive ketones (excluding diaryl/α,β-unsaturated/α-hetero) is 1. The van der Waals surface area contributed by atoms with E-state index >= 15 is 0 Å². The largest absolute Gasteiger partial charge is 0.485 e. The Kier molecular flexibility index (Phi) is 5.00. The number of halogens is 1. The Labute approximate surface area is 131 Å². The van der Waals surface area contributed by atoms with E-state index in [0.29, 0.717) is 5.92 Å². The predicted molar refractivity (Wildman–Crippen MR) is 87.1 cm³/mol. The number of ketones is 1. The van der Waals surface area contributed by atoms with E-state index < -0.39 is 0 Å². The number of carbonyl (C=O) groups excluding carboxylic acids is 1. The van der Waals surface area contributed by atoms with Gasteiger partial charge in [-0.1, -0.05) is 26.0 Å². The van der Waals surface area contributed by atoms with Crippen molar-refractivity contribution >= 4 is 33.0 Å². The number of carbonyl (C=O) groups is 1. The maximum Gasteiger partial charge on any atom is 0.210 e. The molecule has 0 amide bonds. The molecule has 0 radical (unpaired) electrons. The summed E-state index contributed by atoms with van der Waals surface area (Å²) in [5.74, 6) is 1.25. The minimum atomic E-state index is 0.00931. The van der Waals surface area contributed by atoms with Crippen molar-refractivity contribution in [3.63, 3.8) is 0 Å². The SMILES string of the molecule is Cc1ccc(C(C)C)cc1OCC(=O)c1ccc(Br)s1.